The first kappa shape index (κ1) is 21.4. The smallest absolute Gasteiger partial charge is 0.261 e. The van der Waals surface area contributed by atoms with Gasteiger partial charge in [-0.05, 0) is 38.5 Å². The van der Waals surface area contributed by atoms with Crippen molar-refractivity contribution in [3.05, 3.63) is 95.6 Å². The van der Waals surface area contributed by atoms with Crippen LogP contribution in [0.15, 0.2) is 73.3 Å². The highest BCUT2D eigenvalue weighted by Gasteiger charge is 2.17. The number of nitrogens with zero attached hydrogens (tertiary/aromatic N) is 5. The molecule has 2 aromatic carbocycles. The van der Waals surface area contributed by atoms with Gasteiger partial charge in [0.25, 0.3) is 5.91 Å². The Bertz CT molecular complexity index is 1480. The van der Waals surface area contributed by atoms with Crippen LogP contribution in [0.5, 0.6) is 5.75 Å². The number of rotatable bonds is 6. The Kier molecular flexibility index (Phi) is 5.55. The molecule has 1 N–H and O–H groups in total. The predicted molar refractivity (Wildman–Crippen MR) is 130 cm³/mol. The van der Waals surface area contributed by atoms with Gasteiger partial charge in [0.05, 0.1) is 30.0 Å². The predicted octanol–water partition coefficient (Wildman–Crippen LogP) is 4.81. The number of aryl methyl sites for hydroxylation is 3. The van der Waals surface area contributed by atoms with E-state index in [0.717, 1.165) is 22.6 Å². The molecule has 0 fully saturated rings. The maximum Gasteiger partial charge on any atom is 0.261 e. The van der Waals surface area contributed by atoms with Crippen molar-refractivity contribution in [1.29, 1.82) is 0 Å². The number of anilines is 1. The zero-order valence-corrected chi connectivity index (χ0v) is 19.2. The van der Waals surface area contributed by atoms with E-state index in [9.17, 15) is 4.79 Å². The number of carbonyl (C=O) groups excluding carboxylic acids is 1. The van der Waals surface area contributed by atoms with E-state index in [-0.39, 0.29) is 12.6 Å². The van der Waals surface area contributed by atoms with Crippen LogP contribution in [0, 0.1) is 20.8 Å². The molecule has 0 atom stereocenters. The number of hydrogen-bond donors (Lipinski definition) is 1. The summed E-state index contributed by atoms with van der Waals surface area (Å²) in [5.74, 6) is 0.492. The van der Waals surface area contributed by atoms with Crippen molar-refractivity contribution in [2.75, 3.05) is 5.32 Å². The van der Waals surface area contributed by atoms with Crippen LogP contribution < -0.4 is 10.1 Å². The van der Waals surface area contributed by atoms with Crippen LogP contribution in [0.1, 0.15) is 27.0 Å². The molecule has 0 aliphatic rings. The summed E-state index contributed by atoms with van der Waals surface area (Å²) in [6.45, 7) is 6.33. The van der Waals surface area contributed by atoms with Gasteiger partial charge in [0.1, 0.15) is 11.3 Å². The van der Waals surface area contributed by atoms with Crippen molar-refractivity contribution >= 4 is 17.2 Å². The van der Waals surface area contributed by atoms with E-state index in [1.807, 2.05) is 63.2 Å². The molecule has 0 radical (unpaired) electrons. The standard InChI is InChI=1S/C26H24N6O2/c1-17-4-7-20(8-5-17)23-10-11-27-25-22(14-29-32(23)25)26(33)30-21-13-28-31(15-21)16-34-24-9-6-18(2)12-19(24)3/h4-15H,16H2,1-3H3,(H,30,33). The second kappa shape index (κ2) is 8.82. The molecular formula is C26H24N6O2. The second-order valence-corrected chi connectivity index (χ2v) is 8.25. The van der Waals surface area contributed by atoms with Crippen molar-refractivity contribution in [3.63, 3.8) is 0 Å². The monoisotopic (exact) mass is 452 g/mol. The zero-order valence-electron chi connectivity index (χ0n) is 19.2. The summed E-state index contributed by atoms with van der Waals surface area (Å²) in [4.78, 5) is 17.4. The number of carbonyl (C=O) groups is 1. The highest BCUT2D eigenvalue weighted by atomic mass is 16.5. The Hall–Kier alpha value is -4.46. The minimum atomic E-state index is -0.307. The first-order valence-electron chi connectivity index (χ1n) is 10.9. The molecule has 0 saturated heterocycles. The summed E-state index contributed by atoms with van der Waals surface area (Å²) in [5.41, 5.74) is 6.71. The van der Waals surface area contributed by atoms with Crippen LogP contribution in [0.2, 0.25) is 0 Å². The number of aromatic nitrogens is 5. The summed E-state index contributed by atoms with van der Waals surface area (Å²) < 4.78 is 9.16. The summed E-state index contributed by atoms with van der Waals surface area (Å²) in [5, 5.41) is 11.6. The quantitative estimate of drug-likeness (QED) is 0.400. The average Bonchev–Trinajstić information content (AvgIpc) is 3.46. The largest absolute Gasteiger partial charge is 0.471 e. The fraction of sp³-hybridized carbons (Fsp3) is 0.154. The van der Waals surface area contributed by atoms with Gasteiger partial charge >= 0.3 is 0 Å². The van der Waals surface area contributed by atoms with Gasteiger partial charge in [-0.2, -0.15) is 10.2 Å². The normalized spacial score (nSPS) is 11.0. The van der Waals surface area contributed by atoms with Gasteiger partial charge in [-0.25, -0.2) is 14.2 Å². The Labute approximate surface area is 196 Å². The number of fused-ring (bicyclic) bond motifs is 1. The molecule has 0 aliphatic carbocycles. The Morgan fingerprint density at radius 1 is 0.971 bits per heavy atom. The van der Waals surface area contributed by atoms with Crippen LogP contribution in [-0.2, 0) is 6.73 Å². The molecule has 8 nitrogen and oxygen atoms in total. The molecule has 3 heterocycles. The van der Waals surface area contributed by atoms with Gasteiger partial charge in [-0.3, -0.25) is 4.79 Å². The van der Waals surface area contributed by atoms with Crippen molar-refractivity contribution in [2.45, 2.75) is 27.5 Å². The van der Waals surface area contributed by atoms with E-state index in [2.05, 4.69) is 26.6 Å². The molecule has 0 unspecified atom stereocenters. The minimum Gasteiger partial charge on any atom is -0.471 e. The molecule has 0 saturated carbocycles. The molecule has 8 heteroatoms. The lowest BCUT2D eigenvalue weighted by molar-refractivity contribution is 0.102. The van der Waals surface area contributed by atoms with E-state index >= 15 is 0 Å². The third kappa shape index (κ3) is 4.25. The second-order valence-electron chi connectivity index (χ2n) is 8.25. The molecule has 0 spiro atoms. The van der Waals surface area contributed by atoms with E-state index in [4.69, 9.17) is 4.74 Å². The summed E-state index contributed by atoms with van der Waals surface area (Å²) >= 11 is 0. The lowest BCUT2D eigenvalue weighted by Gasteiger charge is -2.09. The maximum absolute atomic E-state index is 13.0. The number of amides is 1. The summed E-state index contributed by atoms with van der Waals surface area (Å²) in [6, 6.07) is 16.0. The van der Waals surface area contributed by atoms with Gasteiger partial charge in [0.2, 0.25) is 0 Å². The maximum atomic E-state index is 13.0. The molecule has 0 aliphatic heterocycles. The Balaban J connectivity index is 1.31. The Morgan fingerprint density at radius 2 is 1.76 bits per heavy atom. The number of hydrogen-bond acceptors (Lipinski definition) is 5. The fourth-order valence-electron chi connectivity index (χ4n) is 3.79. The molecule has 170 valence electrons. The molecule has 3 aromatic heterocycles. The van der Waals surface area contributed by atoms with E-state index in [1.165, 1.54) is 17.3 Å². The average molecular weight is 453 g/mol. The number of benzene rings is 2. The minimum absolute atomic E-state index is 0.234. The van der Waals surface area contributed by atoms with Crippen LogP contribution in [0.4, 0.5) is 5.69 Å². The number of nitrogens with one attached hydrogen (secondary N) is 1. The van der Waals surface area contributed by atoms with Gasteiger partial charge in [0, 0.05) is 11.8 Å². The van der Waals surface area contributed by atoms with Crippen molar-refractivity contribution in [1.82, 2.24) is 24.4 Å². The topological polar surface area (TPSA) is 86.3 Å². The first-order chi connectivity index (χ1) is 16.5. The van der Waals surface area contributed by atoms with Gasteiger partial charge in [0.15, 0.2) is 12.4 Å². The van der Waals surface area contributed by atoms with E-state index in [1.54, 1.807) is 27.8 Å². The third-order valence-electron chi connectivity index (χ3n) is 5.57. The highest BCUT2D eigenvalue weighted by Crippen LogP contribution is 2.22. The van der Waals surface area contributed by atoms with Crippen molar-refractivity contribution < 1.29 is 9.53 Å². The third-order valence-corrected chi connectivity index (χ3v) is 5.57. The van der Waals surface area contributed by atoms with Crippen molar-refractivity contribution in [2.24, 2.45) is 0 Å². The highest BCUT2D eigenvalue weighted by molar-refractivity contribution is 6.08. The van der Waals surface area contributed by atoms with Gasteiger partial charge < -0.3 is 10.1 Å². The molecule has 5 rings (SSSR count). The molecular weight excluding hydrogens is 428 g/mol. The van der Waals surface area contributed by atoms with Gasteiger partial charge in [-0.15, -0.1) is 0 Å². The Morgan fingerprint density at radius 3 is 2.56 bits per heavy atom. The molecule has 0 bridgehead atoms. The van der Waals surface area contributed by atoms with Crippen LogP contribution in [0.25, 0.3) is 16.9 Å². The molecule has 34 heavy (non-hydrogen) atoms. The van der Waals surface area contributed by atoms with Crippen molar-refractivity contribution in [3.8, 4) is 17.0 Å². The SMILES string of the molecule is Cc1ccc(-c2ccnc3c(C(=O)Nc4cnn(COc5ccc(C)cc5C)c4)cnn23)cc1. The number of ether oxygens (including phenoxy) is 1. The fourth-order valence-corrected chi connectivity index (χ4v) is 3.79. The van der Waals surface area contributed by atoms with Crippen LogP contribution in [-0.4, -0.2) is 30.3 Å². The van der Waals surface area contributed by atoms with E-state index < -0.39 is 0 Å². The lowest BCUT2D eigenvalue weighted by atomic mass is 10.1. The molecule has 5 aromatic rings. The summed E-state index contributed by atoms with van der Waals surface area (Å²) in [7, 11) is 0. The van der Waals surface area contributed by atoms with Gasteiger partial charge in [-0.1, -0.05) is 47.5 Å². The van der Waals surface area contributed by atoms with Crippen LogP contribution >= 0.6 is 0 Å². The zero-order chi connectivity index (χ0) is 23.7. The summed E-state index contributed by atoms with van der Waals surface area (Å²) in [6.07, 6.45) is 6.52. The first-order valence-corrected chi connectivity index (χ1v) is 10.9. The lowest BCUT2D eigenvalue weighted by Crippen LogP contribution is -2.12. The molecule has 1 amide bonds. The van der Waals surface area contributed by atoms with E-state index in [0.29, 0.717) is 16.9 Å². The van der Waals surface area contributed by atoms with Crippen LogP contribution in [0.3, 0.4) is 0 Å².